The second-order valence-corrected chi connectivity index (χ2v) is 6.27. The van der Waals surface area contributed by atoms with Gasteiger partial charge >= 0.3 is 5.76 Å². The maximum absolute atomic E-state index is 11.3. The third-order valence-electron chi connectivity index (χ3n) is 4.81. The largest absolute Gasteiger partial charge is 0.417 e. The number of fused-ring (bicyclic) bond motifs is 1. The van der Waals surface area contributed by atoms with Crippen LogP contribution in [-0.4, -0.2) is 23.0 Å². The van der Waals surface area contributed by atoms with Crippen LogP contribution in [0.5, 0.6) is 0 Å². The van der Waals surface area contributed by atoms with Crippen molar-refractivity contribution in [1.29, 1.82) is 0 Å². The summed E-state index contributed by atoms with van der Waals surface area (Å²) in [6, 6.07) is 14.9. The van der Waals surface area contributed by atoms with E-state index in [2.05, 4.69) is 41.1 Å². The first-order valence-corrected chi connectivity index (χ1v) is 8.18. The molecule has 118 valence electrons. The molecule has 0 saturated carbocycles. The number of aromatic nitrogens is 1. The SMILES string of the molecule is C[C@H](c1cccc(-c2ccc3oc(=O)[nH]c3c2)c1)N1CCCC1. The zero-order chi connectivity index (χ0) is 15.8. The van der Waals surface area contributed by atoms with Crippen LogP contribution in [-0.2, 0) is 0 Å². The molecule has 4 rings (SSSR count). The number of likely N-dealkylation sites (tertiary alicyclic amines) is 1. The molecule has 1 aromatic heterocycles. The Kier molecular flexibility index (Phi) is 3.54. The Morgan fingerprint density at radius 3 is 2.70 bits per heavy atom. The van der Waals surface area contributed by atoms with Gasteiger partial charge in [-0.15, -0.1) is 0 Å². The highest BCUT2D eigenvalue weighted by Gasteiger charge is 2.19. The molecule has 1 aliphatic heterocycles. The molecule has 1 fully saturated rings. The van der Waals surface area contributed by atoms with Gasteiger partial charge in [0, 0.05) is 6.04 Å². The number of oxazole rings is 1. The van der Waals surface area contributed by atoms with E-state index >= 15 is 0 Å². The van der Waals surface area contributed by atoms with Gasteiger partial charge in [0.25, 0.3) is 0 Å². The molecule has 0 aliphatic carbocycles. The summed E-state index contributed by atoms with van der Waals surface area (Å²) in [5.74, 6) is -0.409. The van der Waals surface area contributed by atoms with Gasteiger partial charge in [-0.3, -0.25) is 9.88 Å². The molecule has 0 spiro atoms. The van der Waals surface area contributed by atoms with Crippen LogP contribution in [0.3, 0.4) is 0 Å². The molecule has 23 heavy (non-hydrogen) atoms. The summed E-state index contributed by atoms with van der Waals surface area (Å²) in [5.41, 5.74) is 4.93. The van der Waals surface area contributed by atoms with Crippen LogP contribution in [0.1, 0.15) is 31.4 Å². The minimum Gasteiger partial charge on any atom is -0.408 e. The van der Waals surface area contributed by atoms with Crippen molar-refractivity contribution in [2.75, 3.05) is 13.1 Å². The van der Waals surface area contributed by atoms with E-state index < -0.39 is 5.76 Å². The fourth-order valence-electron chi connectivity index (χ4n) is 3.45. The van der Waals surface area contributed by atoms with Crippen LogP contribution in [0.4, 0.5) is 0 Å². The molecule has 3 aromatic rings. The summed E-state index contributed by atoms with van der Waals surface area (Å²) < 4.78 is 5.07. The summed E-state index contributed by atoms with van der Waals surface area (Å²) in [6.45, 7) is 4.66. The predicted molar refractivity (Wildman–Crippen MR) is 91.5 cm³/mol. The van der Waals surface area contributed by atoms with Crippen LogP contribution >= 0.6 is 0 Å². The van der Waals surface area contributed by atoms with Gasteiger partial charge in [0.05, 0.1) is 5.52 Å². The molecule has 4 nitrogen and oxygen atoms in total. The van der Waals surface area contributed by atoms with Crippen LogP contribution in [0.15, 0.2) is 51.7 Å². The van der Waals surface area contributed by atoms with Crippen molar-refractivity contribution < 1.29 is 4.42 Å². The summed E-state index contributed by atoms with van der Waals surface area (Å²) >= 11 is 0. The minimum absolute atomic E-state index is 0.409. The molecule has 2 heterocycles. The molecule has 1 saturated heterocycles. The van der Waals surface area contributed by atoms with E-state index in [0.29, 0.717) is 11.6 Å². The molecule has 1 aliphatic rings. The van der Waals surface area contributed by atoms with Crippen LogP contribution in [0, 0.1) is 0 Å². The molecule has 1 N–H and O–H groups in total. The Balaban J connectivity index is 1.70. The predicted octanol–water partition coefficient (Wildman–Crippen LogP) is 3.94. The summed E-state index contributed by atoms with van der Waals surface area (Å²) in [6.07, 6.45) is 2.60. The van der Waals surface area contributed by atoms with Gasteiger partial charge in [-0.1, -0.05) is 24.3 Å². The number of aromatic amines is 1. The van der Waals surface area contributed by atoms with Crippen LogP contribution < -0.4 is 5.76 Å². The Labute approximate surface area is 134 Å². The van der Waals surface area contributed by atoms with Crippen LogP contribution in [0.25, 0.3) is 22.2 Å². The average Bonchev–Trinajstić information content (AvgIpc) is 3.22. The number of hydrogen-bond acceptors (Lipinski definition) is 3. The molecular formula is C19H20N2O2. The van der Waals surface area contributed by atoms with Gasteiger partial charge in [-0.25, -0.2) is 4.79 Å². The maximum atomic E-state index is 11.3. The van der Waals surface area contributed by atoms with Crippen LogP contribution in [0.2, 0.25) is 0 Å². The Bertz CT molecular complexity index is 888. The molecule has 0 amide bonds. The fraction of sp³-hybridized carbons (Fsp3) is 0.316. The maximum Gasteiger partial charge on any atom is 0.417 e. The van der Waals surface area contributed by atoms with Crippen molar-refractivity contribution in [2.24, 2.45) is 0 Å². The van der Waals surface area contributed by atoms with Crippen molar-refractivity contribution in [3.8, 4) is 11.1 Å². The van der Waals surface area contributed by atoms with E-state index in [-0.39, 0.29) is 0 Å². The molecule has 4 heteroatoms. The van der Waals surface area contributed by atoms with E-state index in [0.717, 1.165) is 16.6 Å². The lowest BCUT2D eigenvalue weighted by molar-refractivity contribution is 0.263. The first-order chi connectivity index (χ1) is 11.2. The van der Waals surface area contributed by atoms with Gasteiger partial charge in [0.1, 0.15) is 0 Å². The van der Waals surface area contributed by atoms with E-state index in [9.17, 15) is 4.79 Å². The zero-order valence-electron chi connectivity index (χ0n) is 13.2. The number of nitrogens with one attached hydrogen (secondary N) is 1. The lowest BCUT2D eigenvalue weighted by Crippen LogP contribution is -2.23. The highest BCUT2D eigenvalue weighted by molar-refractivity contribution is 5.80. The van der Waals surface area contributed by atoms with Gasteiger partial charge < -0.3 is 4.42 Å². The summed E-state index contributed by atoms with van der Waals surface area (Å²) in [4.78, 5) is 16.6. The first kappa shape index (κ1) is 14.3. The number of rotatable bonds is 3. The van der Waals surface area contributed by atoms with Crippen molar-refractivity contribution in [3.05, 3.63) is 58.6 Å². The minimum atomic E-state index is -0.409. The fourth-order valence-corrected chi connectivity index (χ4v) is 3.45. The second kappa shape index (κ2) is 5.70. The number of benzene rings is 2. The van der Waals surface area contributed by atoms with E-state index in [1.807, 2.05) is 18.2 Å². The third kappa shape index (κ3) is 2.70. The summed E-state index contributed by atoms with van der Waals surface area (Å²) in [5, 5.41) is 0. The topological polar surface area (TPSA) is 49.2 Å². The molecular weight excluding hydrogens is 288 g/mol. The van der Waals surface area contributed by atoms with E-state index in [1.165, 1.54) is 31.5 Å². The zero-order valence-corrected chi connectivity index (χ0v) is 13.2. The summed E-state index contributed by atoms with van der Waals surface area (Å²) in [7, 11) is 0. The number of hydrogen-bond donors (Lipinski definition) is 1. The van der Waals surface area contributed by atoms with Gasteiger partial charge in [-0.05, 0) is 67.7 Å². The van der Waals surface area contributed by atoms with Gasteiger partial charge in [-0.2, -0.15) is 0 Å². The van der Waals surface area contributed by atoms with Crippen molar-refractivity contribution >= 4 is 11.1 Å². The lowest BCUT2D eigenvalue weighted by atomic mass is 9.99. The molecule has 0 bridgehead atoms. The van der Waals surface area contributed by atoms with Crippen molar-refractivity contribution in [3.63, 3.8) is 0 Å². The molecule has 2 aromatic carbocycles. The third-order valence-corrected chi connectivity index (χ3v) is 4.81. The average molecular weight is 308 g/mol. The highest BCUT2D eigenvalue weighted by Crippen LogP contribution is 2.29. The molecule has 0 radical (unpaired) electrons. The standard InChI is InChI=1S/C19H20N2O2/c1-13(21-9-2-3-10-21)14-5-4-6-15(11-14)16-7-8-18-17(12-16)20-19(22)23-18/h4-8,11-13H,2-3,9-10H2,1H3,(H,20,22)/t13-/m1/s1. The smallest absolute Gasteiger partial charge is 0.408 e. The Morgan fingerprint density at radius 2 is 1.87 bits per heavy atom. The van der Waals surface area contributed by atoms with Crippen molar-refractivity contribution in [2.45, 2.75) is 25.8 Å². The monoisotopic (exact) mass is 308 g/mol. The van der Waals surface area contributed by atoms with Gasteiger partial charge in [0.15, 0.2) is 5.58 Å². The lowest BCUT2D eigenvalue weighted by Gasteiger charge is -2.24. The van der Waals surface area contributed by atoms with Crippen molar-refractivity contribution in [1.82, 2.24) is 9.88 Å². The molecule has 1 atom stereocenters. The quantitative estimate of drug-likeness (QED) is 0.797. The van der Waals surface area contributed by atoms with E-state index in [1.54, 1.807) is 0 Å². The highest BCUT2D eigenvalue weighted by atomic mass is 16.4. The first-order valence-electron chi connectivity index (χ1n) is 8.18. The normalized spacial score (nSPS) is 16.9. The number of H-pyrrole nitrogens is 1. The number of nitrogens with zero attached hydrogens (tertiary/aromatic N) is 1. The van der Waals surface area contributed by atoms with E-state index in [4.69, 9.17) is 4.42 Å². The second-order valence-electron chi connectivity index (χ2n) is 6.27. The Morgan fingerprint density at radius 1 is 1.09 bits per heavy atom. The Hall–Kier alpha value is -2.33. The molecule has 0 unspecified atom stereocenters. The van der Waals surface area contributed by atoms with Gasteiger partial charge in [0.2, 0.25) is 0 Å².